The summed E-state index contributed by atoms with van der Waals surface area (Å²) in [6.07, 6.45) is 0. The van der Waals surface area contributed by atoms with E-state index in [1.165, 1.54) is 0 Å². The standard InChI is InChI=1S/6ClH.Na.H2O.Rh/h6*1H;;1H2;/q;;;;;;+1;;+5/p-6. The number of hydrogen-bond donors (Lipinski definition) is 0. The van der Waals surface area contributed by atoms with Crippen molar-refractivity contribution in [2.24, 2.45) is 0 Å². The van der Waals surface area contributed by atoms with Crippen LogP contribution < -0.4 is 42.0 Å². The van der Waals surface area contributed by atoms with Crippen LogP contribution in [0.15, 0.2) is 0 Å². The molecule has 0 spiro atoms. The molecule has 0 atom stereocenters. The van der Waals surface area contributed by atoms with Crippen LogP contribution in [0.4, 0.5) is 0 Å². The van der Waals surface area contributed by atoms with Gasteiger partial charge < -0.3 is 17.9 Å². The fraction of sp³-hybridized carbons (Fsp3) is 0. The average Bonchev–Trinajstić information content (AvgIpc) is 0.650. The van der Waals surface area contributed by atoms with E-state index in [1.807, 2.05) is 0 Å². The quantitative estimate of drug-likeness (QED) is 0.406. The SMILES string of the molecule is O.[Cl-].[Cl][Rh]([Cl])([Cl])([Cl])[Cl].[Na+]. The molecule has 0 amide bonds. The van der Waals surface area contributed by atoms with Crippen molar-refractivity contribution >= 4 is 48.5 Å². The van der Waals surface area contributed by atoms with Crippen LogP contribution in [0.1, 0.15) is 0 Å². The third kappa shape index (κ3) is 89.1. The van der Waals surface area contributed by atoms with Gasteiger partial charge in [-0.1, -0.05) is 0 Å². The normalized spacial score (nSPS) is 12.8. The first-order valence-electron chi connectivity index (χ1n) is 0.630. The Kier molecular flexibility index (Phi) is 17.2. The van der Waals surface area contributed by atoms with Crippen molar-refractivity contribution in [2.75, 3.05) is 0 Å². The van der Waals surface area contributed by atoms with Crippen LogP contribution in [0.25, 0.3) is 0 Å². The van der Waals surface area contributed by atoms with Crippen LogP contribution in [0.2, 0.25) is 0 Å². The molecule has 0 fully saturated rings. The minimum Gasteiger partial charge on any atom is 1.00 e. The minimum absolute atomic E-state index is 0. The Bertz CT molecular complexity index is 46.2. The second kappa shape index (κ2) is 6.80. The topological polar surface area (TPSA) is 31.5 Å². The molecule has 9 heavy (non-hydrogen) atoms. The van der Waals surface area contributed by atoms with Gasteiger partial charge in [0, 0.05) is 0 Å². The summed E-state index contributed by atoms with van der Waals surface area (Å²) in [7, 11) is 21.0. The molecule has 1 nitrogen and oxygen atoms in total. The molecule has 0 saturated heterocycles. The first kappa shape index (κ1) is 22.8. The summed E-state index contributed by atoms with van der Waals surface area (Å²) in [6.45, 7) is 0. The summed E-state index contributed by atoms with van der Waals surface area (Å²) in [5, 5.41) is 0. The van der Waals surface area contributed by atoms with Crippen LogP contribution in [-0.2, 0) is 8.65 Å². The zero-order valence-electron chi connectivity index (χ0n) is 4.10. The molecular formula is H2Cl6NaORh. The molecule has 0 unspecified atom stereocenters. The average molecular weight is 357 g/mol. The predicted molar refractivity (Wildman–Crippen MR) is 32.9 cm³/mol. The molecule has 0 aliphatic carbocycles. The van der Waals surface area contributed by atoms with Gasteiger partial charge in [-0.15, -0.1) is 0 Å². The molecule has 0 bridgehead atoms. The van der Waals surface area contributed by atoms with E-state index in [1.54, 1.807) is 0 Å². The van der Waals surface area contributed by atoms with Crippen LogP contribution in [-0.4, -0.2) is 5.48 Å². The molecule has 0 aliphatic rings. The Balaban J connectivity index is -0.0000000417. The van der Waals surface area contributed by atoms with Gasteiger partial charge in [0.15, 0.2) is 0 Å². The third-order valence-electron chi connectivity index (χ3n) is 0. The molecule has 60 valence electrons. The number of hydrogen-bond acceptors (Lipinski definition) is 0. The Morgan fingerprint density at radius 1 is 0.778 bits per heavy atom. The summed E-state index contributed by atoms with van der Waals surface area (Å²) in [5.74, 6) is 0. The van der Waals surface area contributed by atoms with Gasteiger partial charge in [-0.25, -0.2) is 0 Å². The fourth-order valence-electron chi connectivity index (χ4n) is 0. The third-order valence-corrected chi connectivity index (χ3v) is 0. The van der Waals surface area contributed by atoms with Gasteiger partial charge in [-0.2, -0.15) is 0 Å². The molecule has 9 heteroatoms. The van der Waals surface area contributed by atoms with Gasteiger partial charge >= 0.3 is 86.7 Å². The maximum Gasteiger partial charge on any atom is 1.00 e. The van der Waals surface area contributed by atoms with Gasteiger partial charge in [0.2, 0.25) is 0 Å². The largest absolute Gasteiger partial charge is 1.00 e. The monoisotopic (exact) mass is 354 g/mol. The Labute approximate surface area is 103 Å². The van der Waals surface area contributed by atoms with Crippen molar-refractivity contribution < 1.29 is 56.1 Å². The van der Waals surface area contributed by atoms with Crippen molar-refractivity contribution in [1.82, 2.24) is 0 Å². The zero-order chi connectivity index (χ0) is 5.45. The zero-order valence-corrected chi connectivity index (χ0v) is 12.3. The molecule has 0 heterocycles. The first-order valence-corrected chi connectivity index (χ1v) is 11.2. The molecular weight excluding hydrogens is 355 g/mol. The Morgan fingerprint density at radius 2 is 0.778 bits per heavy atom. The van der Waals surface area contributed by atoms with E-state index in [-0.39, 0.29) is 47.4 Å². The van der Waals surface area contributed by atoms with Crippen molar-refractivity contribution in [3.8, 4) is 0 Å². The maximum absolute atomic E-state index is 5.02. The number of rotatable bonds is 0. The Morgan fingerprint density at radius 3 is 0.778 bits per heavy atom. The minimum atomic E-state index is -4.04. The molecule has 0 saturated carbocycles. The van der Waals surface area contributed by atoms with Gasteiger partial charge in [-0.05, 0) is 0 Å². The van der Waals surface area contributed by atoms with E-state index < -0.39 is 8.65 Å². The van der Waals surface area contributed by atoms with Crippen molar-refractivity contribution in [1.29, 1.82) is 0 Å². The summed E-state index contributed by atoms with van der Waals surface area (Å²) in [4.78, 5) is 0. The van der Waals surface area contributed by atoms with Crippen molar-refractivity contribution in [3.05, 3.63) is 0 Å². The molecule has 0 aliphatic heterocycles. The summed E-state index contributed by atoms with van der Waals surface area (Å²) in [5.41, 5.74) is 0. The molecule has 0 aromatic rings. The van der Waals surface area contributed by atoms with Crippen LogP contribution in [0.5, 0.6) is 0 Å². The van der Waals surface area contributed by atoms with E-state index in [2.05, 4.69) is 0 Å². The van der Waals surface area contributed by atoms with Gasteiger partial charge in [0.1, 0.15) is 0 Å². The fourth-order valence-corrected chi connectivity index (χ4v) is 0. The van der Waals surface area contributed by atoms with E-state index in [0.717, 1.165) is 0 Å². The van der Waals surface area contributed by atoms with Crippen LogP contribution in [0, 0.1) is 0 Å². The second-order valence-corrected chi connectivity index (χ2v) is 25.4. The molecule has 0 rings (SSSR count). The van der Waals surface area contributed by atoms with Crippen LogP contribution >= 0.6 is 48.5 Å². The van der Waals surface area contributed by atoms with E-state index >= 15 is 0 Å². The first-order chi connectivity index (χ1) is 2.24. The molecule has 0 aromatic carbocycles. The van der Waals surface area contributed by atoms with E-state index in [9.17, 15) is 0 Å². The molecule has 0 radical (unpaired) electrons. The molecule has 0 aromatic heterocycles. The maximum atomic E-state index is 5.02. The van der Waals surface area contributed by atoms with Crippen LogP contribution in [0.3, 0.4) is 0 Å². The number of halogens is 6. The van der Waals surface area contributed by atoms with E-state index in [0.29, 0.717) is 0 Å². The summed E-state index contributed by atoms with van der Waals surface area (Å²) >= 11 is 0. The van der Waals surface area contributed by atoms with E-state index in [4.69, 9.17) is 48.5 Å². The Hall–Kier alpha value is 3.32. The van der Waals surface area contributed by atoms with Gasteiger partial charge in [0.25, 0.3) is 0 Å². The van der Waals surface area contributed by atoms with Crippen molar-refractivity contribution in [2.45, 2.75) is 0 Å². The van der Waals surface area contributed by atoms with Gasteiger partial charge in [0.05, 0.1) is 0 Å². The summed E-state index contributed by atoms with van der Waals surface area (Å²) < 4.78 is 0. The summed E-state index contributed by atoms with van der Waals surface area (Å²) in [6, 6.07) is 0. The predicted octanol–water partition coefficient (Wildman–Crippen LogP) is -3.37. The van der Waals surface area contributed by atoms with Crippen molar-refractivity contribution in [3.63, 3.8) is 0 Å². The van der Waals surface area contributed by atoms with Gasteiger partial charge in [-0.3, -0.25) is 0 Å². The smallest absolute Gasteiger partial charge is 1.00 e. The molecule has 2 N–H and O–H groups in total. The second-order valence-electron chi connectivity index (χ2n) is 0.476.